The molecule has 7 heteroatoms. The third kappa shape index (κ3) is 4.99. The highest BCUT2D eigenvalue weighted by atomic mass is 32.2. The maximum atomic E-state index is 13.5. The largest absolute Gasteiger partial charge is 0.573 e. The van der Waals surface area contributed by atoms with E-state index in [4.69, 9.17) is 4.74 Å². The Morgan fingerprint density at radius 2 is 1.47 bits per heavy atom. The van der Waals surface area contributed by atoms with Gasteiger partial charge in [-0.2, -0.15) is 4.72 Å². The van der Waals surface area contributed by atoms with Gasteiger partial charge < -0.3 is 9.29 Å². The molecular weight excluding hydrogens is 406 g/mol. The first kappa shape index (κ1) is 20.8. The number of hydrogen-bond donors (Lipinski definition) is 1. The Morgan fingerprint density at radius 3 is 2.03 bits per heavy atom. The van der Waals surface area contributed by atoms with Gasteiger partial charge in [-0.1, -0.05) is 46.8 Å². The molecule has 2 atom stereocenters. The molecule has 4 nitrogen and oxygen atoms in total. The molecule has 1 aliphatic rings. The van der Waals surface area contributed by atoms with Gasteiger partial charge in [0.1, 0.15) is 11.6 Å². The van der Waals surface area contributed by atoms with E-state index in [-0.39, 0.29) is 23.7 Å². The summed E-state index contributed by atoms with van der Waals surface area (Å²) in [5.74, 6) is -0.894. The standard InChI is InChI=1S/C23H22F2N2O2S/c24-19-10-6-17(7-11-19)23(18-8-12-20(25)13-9-18)22-16-27(14-15-29-22)30(28)26-21-4-2-1-3-5-21/h1-13,22-23,26H,14-16H2. The minimum absolute atomic E-state index is 0.247. The van der Waals surface area contributed by atoms with E-state index in [1.165, 1.54) is 24.3 Å². The average Bonchev–Trinajstić information content (AvgIpc) is 2.77. The van der Waals surface area contributed by atoms with E-state index in [1.807, 2.05) is 34.6 Å². The van der Waals surface area contributed by atoms with Crippen LogP contribution in [-0.4, -0.2) is 34.7 Å². The van der Waals surface area contributed by atoms with Crippen LogP contribution in [-0.2, 0) is 16.3 Å². The summed E-state index contributed by atoms with van der Waals surface area (Å²) in [6.07, 6.45) is -0.323. The molecule has 1 heterocycles. The SMILES string of the molecule is [O-][S+](Nc1ccccc1)N1CCOC(C(c2ccc(F)cc2)c2ccc(F)cc2)C1. The second-order valence-corrected chi connectivity index (χ2v) is 8.31. The van der Waals surface area contributed by atoms with E-state index in [2.05, 4.69) is 4.72 Å². The van der Waals surface area contributed by atoms with Crippen molar-refractivity contribution in [2.75, 3.05) is 24.4 Å². The lowest BCUT2D eigenvalue weighted by Gasteiger charge is -2.36. The molecule has 3 aromatic rings. The molecule has 156 valence electrons. The van der Waals surface area contributed by atoms with Crippen molar-refractivity contribution in [3.8, 4) is 0 Å². The fraction of sp³-hybridized carbons (Fsp3) is 0.217. The van der Waals surface area contributed by atoms with Crippen molar-refractivity contribution in [3.05, 3.63) is 102 Å². The quantitative estimate of drug-likeness (QED) is 0.588. The highest BCUT2D eigenvalue weighted by Crippen LogP contribution is 2.32. The van der Waals surface area contributed by atoms with E-state index >= 15 is 0 Å². The number of nitrogens with one attached hydrogen (secondary N) is 1. The lowest BCUT2D eigenvalue weighted by atomic mass is 9.86. The summed E-state index contributed by atoms with van der Waals surface area (Å²) in [5, 5.41) is 0. The Hall–Kier alpha value is -2.45. The van der Waals surface area contributed by atoms with Gasteiger partial charge in [0.2, 0.25) is 0 Å². The van der Waals surface area contributed by atoms with Crippen molar-refractivity contribution >= 4 is 17.2 Å². The number of ether oxygens (including phenoxy) is 1. The maximum absolute atomic E-state index is 13.5. The number of rotatable bonds is 6. The van der Waals surface area contributed by atoms with Crippen molar-refractivity contribution in [1.82, 2.24) is 4.31 Å². The van der Waals surface area contributed by atoms with Gasteiger partial charge in [0, 0.05) is 5.92 Å². The smallest absolute Gasteiger partial charge is 0.166 e. The van der Waals surface area contributed by atoms with Crippen LogP contribution in [0.15, 0.2) is 78.9 Å². The molecule has 1 N–H and O–H groups in total. The molecule has 1 aliphatic heterocycles. The number of nitrogens with zero attached hydrogens (tertiary/aromatic N) is 1. The molecule has 1 saturated heterocycles. The highest BCUT2D eigenvalue weighted by molar-refractivity contribution is 7.90. The average molecular weight is 429 g/mol. The van der Waals surface area contributed by atoms with Gasteiger partial charge >= 0.3 is 0 Å². The number of para-hydroxylation sites is 1. The van der Waals surface area contributed by atoms with E-state index in [1.54, 1.807) is 24.3 Å². The fourth-order valence-corrected chi connectivity index (χ4v) is 4.63. The fourth-order valence-electron chi connectivity index (χ4n) is 3.64. The van der Waals surface area contributed by atoms with Crippen LogP contribution in [0, 0.1) is 11.6 Å². The predicted molar refractivity (Wildman–Crippen MR) is 114 cm³/mol. The van der Waals surface area contributed by atoms with Crippen molar-refractivity contribution in [1.29, 1.82) is 0 Å². The molecular formula is C23H22F2N2O2S. The van der Waals surface area contributed by atoms with E-state index in [9.17, 15) is 13.3 Å². The zero-order valence-electron chi connectivity index (χ0n) is 16.2. The van der Waals surface area contributed by atoms with Crippen LogP contribution in [0.2, 0.25) is 0 Å². The van der Waals surface area contributed by atoms with E-state index in [0.717, 1.165) is 16.8 Å². The minimum Gasteiger partial charge on any atom is -0.573 e. The van der Waals surface area contributed by atoms with E-state index in [0.29, 0.717) is 19.7 Å². The van der Waals surface area contributed by atoms with Crippen molar-refractivity contribution in [3.63, 3.8) is 0 Å². The van der Waals surface area contributed by atoms with Crippen molar-refractivity contribution < 1.29 is 18.1 Å². The maximum Gasteiger partial charge on any atom is 0.166 e. The number of benzene rings is 3. The zero-order chi connectivity index (χ0) is 20.9. The van der Waals surface area contributed by atoms with Crippen molar-refractivity contribution in [2.24, 2.45) is 0 Å². The molecule has 4 rings (SSSR count). The Balaban J connectivity index is 1.56. The van der Waals surface area contributed by atoms with Crippen LogP contribution in [0.25, 0.3) is 0 Å². The summed E-state index contributed by atoms with van der Waals surface area (Å²) >= 11 is -1.43. The number of hydrogen-bond acceptors (Lipinski definition) is 4. The Bertz CT molecular complexity index is 896. The predicted octanol–water partition coefficient (Wildman–Crippen LogP) is 4.49. The molecule has 0 bridgehead atoms. The second kappa shape index (κ2) is 9.57. The molecule has 0 amide bonds. The zero-order valence-corrected chi connectivity index (χ0v) is 17.0. The summed E-state index contributed by atoms with van der Waals surface area (Å²) in [6.45, 7) is 1.33. The Labute approximate surface area is 177 Å². The highest BCUT2D eigenvalue weighted by Gasteiger charge is 2.35. The summed E-state index contributed by atoms with van der Waals surface area (Å²) in [5.41, 5.74) is 2.49. The van der Waals surface area contributed by atoms with Gasteiger partial charge in [0.15, 0.2) is 11.5 Å². The van der Waals surface area contributed by atoms with Gasteiger partial charge in [0.05, 0.1) is 31.5 Å². The first-order valence-electron chi connectivity index (χ1n) is 9.71. The molecule has 0 aromatic heterocycles. The van der Waals surface area contributed by atoms with Crippen LogP contribution in [0.5, 0.6) is 0 Å². The van der Waals surface area contributed by atoms with Crippen molar-refractivity contribution in [2.45, 2.75) is 12.0 Å². The minimum atomic E-state index is -1.43. The summed E-state index contributed by atoms with van der Waals surface area (Å²) < 4.78 is 50.7. The van der Waals surface area contributed by atoms with Gasteiger partial charge in [-0.3, -0.25) is 0 Å². The Kier molecular flexibility index (Phi) is 6.64. The third-order valence-corrected chi connectivity index (χ3v) is 6.31. The number of halogens is 2. The molecule has 0 aliphatic carbocycles. The topological polar surface area (TPSA) is 47.6 Å². The lowest BCUT2D eigenvalue weighted by Crippen LogP contribution is -2.49. The van der Waals surface area contributed by atoms with Crippen LogP contribution in [0.4, 0.5) is 14.5 Å². The summed E-state index contributed by atoms with van der Waals surface area (Å²) in [6, 6.07) is 21.8. The second-order valence-electron chi connectivity index (χ2n) is 7.10. The van der Waals surface area contributed by atoms with Gasteiger partial charge in [-0.05, 0) is 47.5 Å². The number of morpholine rings is 1. The number of anilines is 1. The van der Waals surface area contributed by atoms with Crippen LogP contribution >= 0.6 is 0 Å². The first-order valence-corrected chi connectivity index (χ1v) is 10.8. The first-order chi connectivity index (χ1) is 14.6. The molecule has 0 radical (unpaired) electrons. The summed E-state index contributed by atoms with van der Waals surface area (Å²) in [4.78, 5) is 0. The van der Waals surface area contributed by atoms with E-state index < -0.39 is 11.5 Å². The summed E-state index contributed by atoms with van der Waals surface area (Å²) in [7, 11) is 0. The third-order valence-electron chi connectivity index (χ3n) is 5.10. The molecule has 30 heavy (non-hydrogen) atoms. The monoisotopic (exact) mass is 428 g/mol. The molecule has 0 spiro atoms. The molecule has 1 fully saturated rings. The molecule has 0 saturated carbocycles. The lowest BCUT2D eigenvalue weighted by molar-refractivity contribution is -0.00976. The van der Waals surface area contributed by atoms with Crippen LogP contribution in [0.3, 0.4) is 0 Å². The molecule has 2 unspecified atom stereocenters. The van der Waals surface area contributed by atoms with Gasteiger partial charge in [-0.25, -0.2) is 8.78 Å². The van der Waals surface area contributed by atoms with Crippen LogP contribution in [0.1, 0.15) is 17.0 Å². The van der Waals surface area contributed by atoms with Gasteiger partial charge in [-0.15, -0.1) is 0 Å². The van der Waals surface area contributed by atoms with Gasteiger partial charge in [0.25, 0.3) is 0 Å². The Morgan fingerprint density at radius 1 is 0.900 bits per heavy atom. The molecule has 3 aromatic carbocycles. The van der Waals surface area contributed by atoms with Crippen LogP contribution < -0.4 is 4.72 Å². The normalized spacial score (nSPS) is 18.3.